The Hall–Kier alpha value is -0.890. The van der Waals surface area contributed by atoms with Gasteiger partial charge in [0.15, 0.2) is 0 Å². The van der Waals surface area contributed by atoms with Gasteiger partial charge in [-0.25, -0.2) is 0 Å². The molecule has 0 saturated heterocycles. The number of nitrogens with one attached hydrogen (secondary N) is 1. The number of pyridine rings is 1. The van der Waals surface area contributed by atoms with Crippen LogP contribution in [0.3, 0.4) is 0 Å². The fraction of sp³-hybridized carbons (Fsp3) is 0.583. The lowest BCUT2D eigenvalue weighted by Gasteiger charge is -2.27. The first-order valence-corrected chi connectivity index (χ1v) is 5.41. The van der Waals surface area contributed by atoms with Crippen molar-refractivity contribution in [1.82, 2.24) is 10.3 Å². The predicted molar refractivity (Wildman–Crippen MR) is 58.1 cm³/mol. The predicted octanol–water partition coefficient (Wildman–Crippen LogP) is 2.31. The minimum Gasteiger partial charge on any atom is -0.312 e. The molecule has 0 aromatic carbocycles. The number of nitrogens with zero attached hydrogens (tertiary/aromatic N) is 1. The first-order valence-electron chi connectivity index (χ1n) is 5.41. The lowest BCUT2D eigenvalue weighted by Crippen LogP contribution is -2.29. The van der Waals surface area contributed by atoms with E-state index in [1.807, 2.05) is 12.4 Å². The Labute approximate surface area is 85.7 Å². The third-order valence-corrected chi connectivity index (χ3v) is 2.84. The Morgan fingerprint density at radius 2 is 2.43 bits per heavy atom. The van der Waals surface area contributed by atoms with Gasteiger partial charge in [0.25, 0.3) is 0 Å². The van der Waals surface area contributed by atoms with Crippen LogP contribution in [0, 0.1) is 5.92 Å². The van der Waals surface area contributed by atoms with Crippen molar-refractivity contribution in [3.05, 3.63) is 29.6 Å². The Kier molecular flexibility index (Phi) is 2.82. The normalized spacial score (nSPS) is 20.9. The summed E-state index contributed by atoms with van der Waals surface area (Å²) >= 11 is 0. The minimum absolute atomic E-state index is 0.682. The van der Waals surface area contributed by atoms with Gasteiger partial charge in [-0.3, -0.25) is 4.98 Å². The van der Waals surface area contributed by atoms with Crippen molar-refractivity contribution < 1.29 is 0 Å². The van der Waals surface area contributed by atoms with Gasteiger partial charge in [-0.05, 0) is 35.4 Å². The quantitative estimate of drug-likeness (QED) is 0.774. The van der Waals surface area contributed by atoms with Crippen LogP contribution in [0.1, 0.15) is 37.3 Å². The van der Waals surface area contributed by atoms with Crippen molar-refractivity contribution in [2.45, 2.75) is 32.7 Å². The second-order valence-electron chi connectivity index (χ2n) is 4.53. The van der Waals surface area contributed by atoms with Crippen LogP contribution in [0.4, 0.5) is 0 Å². The molecular formula is C12H18N2. The van der Waals surface area contributed by atoms with Crippen molar-refractivity contribution in [2.24, 2.45) is 5.92 Å². The highest BCUT2D eigenvalue weighted by Gasteiger charge is 2.20. The summed E-state index contributed by atoms with van der Waals surface area (Å²) in [6, 6.07) is 2.18. The van der Waals surface area contributed by atoms with Crippen molar-refractivity contribution in [3.8, 4) is 0 Å². The van der Waals surface area contributed by atoms with E-state index >= 15 is 0 Å². The molecule has 1 aromatic heterocycles. The second-order valence-corrected chi connectivity index (χ2v) is 4.53. The Bertz CT molecular complexity index is 307. The molecule has 0 fully saturated rings. The zero-order valence-electron chi connectivity index (χ0n) is 8.96. The summed E-state index contributed by atoms with van der Waals surface area (Å²) in [6.07, 6.45) is 5.18. The molecule has 1 aliphatic rings. The zero-order chi connectivity index (χ0) is 9.97. The molecule has 0 aliphatic carbocycles. The Balaban J connectivity index is 2.22. The molecule has 2 heterocycles. The minimum atomic E-state index is 0.682. The maximum atomic E-state index is 4.17. The summed E-state index contributed by atoms with van der Waals surface area (Å²) in [5.41, 5.74) is 2.89. The molecule has 0 saturated carbocycles. The monoisotopic (exact) mass is 190 g/mol. The van der Waals surface area contributed by atoms with Gasteiger partial charge in [0.05, 0.1) is 0 Å². The number of aromatic nitrogens is 1. The summed E-state index contributed by atoms with van der Waals surface area (Å²) in [7, 11) is 0. The van der Waals surface area contributed by atoms with E-state index in [4.69, 9.17) is 0 Å². The topological polar surface area (TPSA) is 24.9 Å². The van der Waals surface area contributed by atoms with Gasteiger partial charge in [0, 0.05) is 25.5 Å². The zero-order valence-corrected chi connectivity index (χ0v) is 8.96. The second kappa shape index (κ2) is 4.09. The number of hydrogen-bond donors (Lipinski definition) is 1. The van der Waals surface area contributed by atoms with E-state index in [1.54, 1.807) is 0 Å². The van der Waals surface area contributed by atoms with Gasteiger partial charge < -0.3 is 5.32 Å². The molecule has 1 aliphatic heterocycles. The molecule has 2 nitrogen and oxygen atoms in total. The third kappa shape index (κ3) is 1.95. The summed E-state index contributed by atoms with van der Waals surface area (Å²) < 4.78 is 0. The van der Waals surface area contributed by atoms with Gasteiger partial charge in [-0.2, -0.15) is 0 Å². The number of rotatable bonds is 2. The molecule has 1 unspecified atom stereocenters. The molecule has 0 amide bonds. The van der Waals surface area contributed by atoms with E-state index in [-0.39, 0.29) is 0 Å². The molecule has 2 rings (SSSR count). The molecule has 1 atom stereocenters. The summed E-state index contributed by atoms with van der Waals surface area (Å²) in [5.74, 6) is 1.45. The molecule has 1 aromatic rings. The van der Waals surface area contributed by atoms with E-state index in [0.29, 0.717) is 5.92 Å². The van der Waals surface area contributed by atoms with Crippen LogP contribution in [0.15, 0.2) is 18.5 Å². The van der Waals surface area contributed by atoms with E-state index in [2.05, 4.69) is 30.2 Å². The molecule has 1 N–H and O–H groups in total. The van der Waals surface area contributed by atoms with E-state index < -0.39 is 0 Å². The van der Waals surface area contributed by atoms with Crippen LogP contribution in [-0.2, 0) is 6.54 Å². The highest BCUT2D eigenvalue weighted by Crippen LogP contribution is 2.28. The SMILES string of the molecule is CC(C)CC1CNCc2cnccc21. The van der Waals surface area contributed by atoms with Crippen LogP contribution in [0.2, 0.25) is 0 Å². The van der Waals surface area contributed by atoms with E-state index in [1.165, 1.54) is 17.5 Å². The maximum absolute atomic E-state index is 4.17. The number of hydrogen-bond acceptors (Lipinski definition) is 2. The summed E-state index contributed by atoms with van der Waals surface area (Å²) in [5, 5.41) is 3.46. The van der Waals surface area contributed by atoms with Crippen molar-refractivity contribution >= 4 is 0 Å². The maximum Gasteiger partial charge on any atom is 0.0315 e. The van der Waals surface area contributed by atoms with Crippen LogP contribution in [0.5, 0.6) is 0 Å². The average Bonchev–Trinajstić information content (AvgIpc) is 2.18. The fourth-order valence-electron chi connectivity index (χ4n) is 2.25. The largest absolute Gasteiger partial charge is 0.312 e. The molecule has 0 bridgehead atoms. The molecule has 0 radical (unpaired) electrons. The molecule has 14 heavy (non-hydrogen) atoms. The van der Waals surface area contributed by atoms with Crippen LogP contribution in [-0.4, -0.2) is 11.5 Å². The molecule has 76 valence electrons. The molecule has 0 spiro atoms. The summed E-state index contributed by atoms with van der Waals surface area (Å²) in [6.45, 7) is 6.68. The third-order valence-electron chi connectivity index (χ3n) is 2.84. The van der Waals surface area contributed by atoms with Gasteiger partial charge in [0.1, 0.15) is 0 Å². The Morgan fingerprint density at radius 3 is 3.21 bits per heavy atom. The highest BCUT2D eigenvalue weighted by atomic mass is 14.9. The van der Waals surface area contributed by atoms with Gasteiger partial charge in [-0.15, -0.1) is 0 Å². The van der Waals surface area contributed by atoms with Gasteiger partial charge in [0.2, 0.25) is 0 Å². The van der Waals surface area contributed by atoms with Crippen molar-refractivity contribution in [2.75, 3.05) is 6.54 Å². The standard InChI is InChI=1S/C12H18N2/c1-9(2)5-10-6-14-8-11-7-13-4-3-12(10)11/h3-4,7,9-10,14H,5-6,8H2,1-2H3. The van der Waals surface area contributed by atoms with Crippen molar-refractivity contribution in [3.63, 3.8) is 0 Å². The molecular weight excluding hydrogens is 172 g/mol. The van der Waals surface area contributed by atoms with Gasteiger partial charge >= 0.3 is 0 Å². The van der Waals surface area contributed by atoms with E-state index in [0.717, 1.165) is 19.0 Å². The van der Waals surface area contributed by atoms with Gasteiger partial charge in [-0.1, -0.05) is 13.8 Å². The first kappa shape index (κ1) is 9.66. The van der Waals surface area contributed by atoms with E-state index in [9.17, 15) is 0 Å². The molecule has 2 heteroatoms. The lowest BCUT2D eigenvalue weighted by atomic mass is 9.86. The average molecular weight is 190 g/mol. The smallest absolute Gasteiger partial charge is 0.0315 e. The summed E-state index contributed by atoms with van der Waals surface area (Å²) in [4.78, 5) is 4.17. The fourth-order valence-corrected chi connectivity index (χ4v) is 2.25. The first-order chi connectivity index (χ1) is 6.77. The van der Waals surface area contributed by atoms with Crippen LogP contribution < -0.4 is 5.32 Å². The van der Waals surface area contributed by atoms with Crippen molar-refractivity contribution in [1.29, 1.82) is 0 Å². The van der Waals surface area contributed by atoms with Crippen LogP contribution >= 0.6 is 0 Å². The number of fused-ring (bicyclic) bond motifs is 1. The highest BCUT2D eigenvalue weighted by molar-refractivity contribution is 5.29. The van der Waals surface area contributed by atoms with Crippen LogP contribution in [0.25, 0.3) is 0 Å². The lowest BCUT2D eigenvalue weighted by molar-refractivity contribution is 0.448. The Morgan fingerprint density at radius 1 is 1.57 bits per heavy atom.